The molecule has 0 radical (unpaired) electrons. The summed E-state index contributed by atoms with van der Waals surface area (Å²) in [6.07, 6.45) is 5.68. The van der Waals surface area contributed by atoms with Gasteiger partial charge in [0.25, 0.3) is 15.9 Å². The first-order chi connectivity index (χ1) is 17.8. The Bertz CT molecular complexity index is 1380. The van der Waals surface area contributed by atoms with Crippen LogP contribution in [0.15, 0.2) is 58.3 Å². The van der Waals surface area contributed by atoms with Gasteiger partial charge in [0, 0.05) is 21.9 Å². The van der Waals surface area contributed by atoms with Crippen LogP contribution in [0, 0.1) is 0 Å². The highest BCUT2D eigenvalue weighted by molar-refractivity contribution is 7.98. The molecular formula is C27H30N2O5S3. The maximum absolute atomic E-state index is 13.3. The summed E-state index contributed by atoms with van der Waals surface area (Å²) in [6, 6.07) is 13.2. The van der Waals surface area contributed by atoms with E-state index in [9.17, 15) is 18.0 Å². The Labute approximate surface area is 226 Å². The second-order valence-electron chi connectivity index (χ2n) is 8.48. The van der Waals surface area contributed by atoms with Crippen molar-refractivity contribution in [2.24, 2.45) is 0 Å². The minimum absolute atomic E-state index is 0.210. The molecular weight excluding hydrogens is 529 g/mol. The van der Waals surface area contributed by atoms with Crippen LogP contribution in [0.4, 0.5) is 10.7 Å². The standard InChI is InChI=1S/C27H30N2O5S3/c1-4-29(37(32,33)21-16-14-20(35-3)15-17-21)19-12-10-18(11-13-19)25(30)28-26-24(27(31)34-5-2)22-8-6-7-9-23(22)36-26/h10-17H,4-9H2,1-3H3,(H,28,30). The summed E-state index contributed by atoms with van der Waals surface area (Å²) in [5.74, 6) is -0.781. The third-order valence-electron chi connectivity index (χ3n) is 6.23. The summed E-state index contributed by atoms with van der Waals surface area (Å²) in [6.45, 7) is 4.03. The monoisotopic (exact) mass is 558 g/mol. The summed E-state index contributed by atoms with van der Waals surface area (Å²) in [5, 5.41) is 3.40. The number of sulfonamides is 1. The van der Waals surface area contributed by atoms with Gasteiger partial charge in [0.05, 0.1) is 22.8 Å². The number of amides is 1. The molecule has 10 heteroatoms. The van der Waals surface area contributed by atoms with E-state index in [1.165, 1.54) is 15.6 Å². The molecule has 1 heterocycles. The van der Waals surface area contributed by atoms with Crippen LogP contribution >= 0.6 is 23.1 Å². The average Bonchev–Trinajstić information content (AvgIpc) is 3.27. The van der Waals surface area contributed by atoms with E-state index in [0.717, 1.165) is 41.0 Å². The maximum Gasteiger partial charge on any atom is 0.341 e. The number of rotatable bonds is 9. The highest BCUT2D eigenvalue weighted by Crippen LogP contribution is 2.39. The fourth-order valence-electron chi connectivity index (χ4n) is 4.39. The lowest BCUT2D eigenvalue weighted by molar-refractivity contribution is 0.0526. The molecule has 3 aromatic rings. The Kier molecular flexibility index (Phi) is 8.61. The van der Waals surface area contributed by atoms with Crippen molar-refractivity contribution in [1.29, 1.82) is 0 Å². The van der Waals surface area contributed by atoms with Crippen molar-refractivity contribution < 1.29 is 22.7 Å². The summed E-state index contributed by atoms with van der Waals surface area (Å²) in [5.41, 5.74) is 2.27. The topological polar surface area (TPSA) is 92.8 Å². The summed E-state index contributed by atoms with van der Waals surface area (Å²) < 4.78 is 33.1. The molecule has 4 rings (SSSR count). The second kappa shape index (κ2) is 11.7. The maximum atomic E-state index is 13.3. The number of nitrogens with zero attached hydrogens (tertiary/aromatic N) is 1. The van der Waals surface area contributed by atoms with Gasteiger partial charge in [0.2, 0.25) is 0 Å². The molecule has 0 fully saturated rings. The first-order valence-corrected chi connectivity index (χ1v) is 15.7. The van der Waals surface area contributed by atoms with Gasteiger partial charge in [-0.1, -0.05) is 0 Å². The number of nitrogens with one attached hydrogen (secondary N) is 1. The molecule has 1 N–H and O–H groups in total. The Morgan fingerprint density at radius 3 is 2.32 bits per heavy atom. The number of anilines is 2. The third kappa shape index (κ3) is 5.71. The van der Waals surface area contributed by atoms with E-state index in [4.69, 9.17) is 4.74 Å². The summed E-state index contributed by atoms with van der Waals surface area (Å²) >= 11 is 2.98. The fraction of sp³-hybridized carbons (Fsp3) is 0.333. The number of thioether (sulfide) groups is 1. The predicted molar refractivity (Wildman–Crippen MR) is 150 cm³/mol. The molecule has 37 heavy (non-hydrogen) atoms. The molecule has 1 amide bonds. The number of carbonyl (C=O) groups excluding carboxylic acids is 2. The van der Waals surface area contributed by atoms with Crippen molar-refractivity contribution in [3.05, 3.63) is 70.1 Å². The van der Waals surface area contributed by atoms with Crippen molar-refractivity contribution in [1.82, 2.24) is 0 Å². The molecule has 0 spiro atoms. The van der Waals surface area contributed by atoms with E-state index in [0.29, 0.717) is 21.8 Å². The Balaban J connectivity index is 1.56. The smallest absolute Gasteiger partial charge is 0.341 e. The zero-order valence-electron chi connectivity index (χ0n) is 21.1. The van der Waals surface area contributed by atoms with Crippen molar-refractivity contribution in [2.75, 3.05) is 29.0 Å². The van der Waals surface area contributed by atoms with Gasteiger partial charge < -0.3 is 10.1 Å². The van der Waals surface area contributed by atoms with E-state index in [1.54, 1.807) is 74.1 Å². The number of hydrogen-bond donors (Lipinski definition) is 1. The fourth-order valence-corrected chi connectivity index (χ4v) is 7.55. The molecule has 7 nitrogen and oxygen atoms in total. The largest absolute Gasteiger partial charge is 0.462 e. The molecule has 196 valence electrons. The minimum Gasteiger partial charge on any atom is -0.462 e. The Morgan fingerprint density at radius 2 is 1.70 bits per heavy atom. The van der Waals surface area contributed by atoms with Crippen LogP contribution in [0.3, 0.4) is 0 Å². The molecule has 0 saturated heterocycles. The normalized spacial score (nSPS) is 13.1. The molecule has 0 bridgehead atoms. The van der Waals surface area contributed by atoms with Crippen molar-refractivity contribution in [3.8, 4) is 0 Å². The lowest BCUT2D eigenvalue weighted by Crippen LogP contribution is -2.30. The quantitative estimate of drug-likeness (QED) is 0.256. The van der Waals surface area contributed by atoms with E-state index < -0.39 is 16.0 Å². The van der Waals surface area contributed by atoms with E-state index in [2.05, 4.69) is 5.32 Å². The number of esters is 1. The van der Waals surface area contributed by atoms with Crippen LogP contribution in [-0.2, 0) is 27.6 Å². The first kappa shape index (κ1) is 27.2. The minimum atomic E-state index is -3.76. The average molecular weight is 559 g/mol. The van der Waals surface area contributed by atoms with Crippen LogP contribution in [0.1, 0.15) is 57.8 Å². The highest BCUT2D eigenvalue weighted by Gasteiger charge is 2.28. The van der Waals surface area contributed by atoms with Gasteiger partial charge in [-0.25, -0.2) is 13.2 Å². The van der Waals surface area contributed by atoms with Crippen LogP contribution < -0.4 is 9.62 Å². The van der Waals surface area contributed by atoms with E-state index >= 15 is 0 Å². The second-order valence-corrected chi connectivity index (χ2v) is 12.3. The van der Waals surface area contributed by atoms with Crippen LogP contribution in [0.5, 0.6) is 0 Å². The molecule has 0 atom stereocenters. The van der Waals surface area contributed by atoms with Crippen LogP contribution in [0.2, 0.25) is 0 Å². The molecule has 1 aliphatic rings. The Hall–Kier alpha value is -2.82. The van der Waals surface area contributed by atoms with Crippen LogP contribution in [-0.4, -0.2) is 39.7 Å². The third-order valence-corrected chi connectivity index (χ3v) is 10.1. The van der Waals surface area contributed by atoms with Gasteiger partial charge in [-0.05, 0) is 99.9 Å². The predicted octanol–water partition coefficient (Wildman–Crippen LogP) is 5.99. The molecule has 0 unspecified atom stereocenters. The lowest BCUT2D eigenvalue weighted by atomic mass is 9.95. The first-order valence-electron chi connectivity index (χ1n) is 12.2. The van der Waals surface area contributed by atoms with Crippen molar-refractivity contribution in [3.63, 3.8) is 0 Å². The molecule has 0 saturated carbocycles. The van der Waals surface area contributed by atoms with Gasteiger partial charge in [-0.2, -0.15) is 0 Å². The summed E-state index contributed by atoms with van der Waals surface area (Å²) in [4.78, 5) is 28.1. The highest BCUT2D eigenvalue weighted by atomic mass is 32.2. The number of hydrogen-bond acceptors (Lipinski definition) is 7. The Morgan fingerprint density at radius 1 is 1.03 bits per heavy atom. The van der Waals surface area contributed by atoms with Gasteiger partial charge in [0.15, 0.2) is 0 Å². The van der Waals surface area contributed by atoms with E-state index in [-0.39, 0.29) is 24.0 Å². The molecule has 1 aromatic heterocycles. The van der Waals surface area contributed by atoms with Gasteiger partial charge in [0.1, 0.15) is 5.00 Å². The van der Waals surface area contributed by atoms with E-state index in [1.807, 2.05) is 6.26 Å². The van der Waals surface area contributed by atoms with Crippen molar-refractivity contribution in [2.45, 2.75) is 49.3 Å². The zero-order valence-corrected chi connectivity index (χ0v) is 23.5. The number of aryl methyl sites for hydroxylation is 1. The number of ether oxygens (including phenoxy) is 1. The number of fused-ring (bicyclic) bond motifs is 1. The molecule has 0 aliphatic heterocycles. The zero-order chi connectivity index (χ0) is 26.6. The number of carbonyl (C=O) groups is 2. The number of thiophene rings is 1. The van der Waals surface area contributed by atoms with Gasteiger partial charge in [-0.3, -0.25) is 9.10 Å². The summed E-state index contributed by atoms with van der Waals surface area (Å²) in [7, 11) is -3.76. The van der Waals surface area contributed by atoms with Gasteiger partial charge in [-0.15, -0.1) is 23.1 Å². The van der Waals surface area contributed by atoms with Gasteiger partial charge >= 0.3 is 5.97 Å². The SMILES string of the molecule is CCOC(=O)c1c(NC(=O)c2ccc(N(CC)S(=O)(=O)c3ccc(SC)cc3)cc2)sc2c1CCCC2. The van der Waals surface area contributed by atoms with Crippen LogP contribution in [0.25, 0.3) is 0 Å². The molecule has 2 aromatic carbocycles. The molecule has 1 aliphatic carbocycles. The van der Waals surface area contributed by atoms with Crippen molar-refractivity contribution >= 4 is 55.7 Å². The number of benzene rings is 2. The lowest BCUT2D eigenvalue weighted by Gasteiger charge is -2.23.